The molecule has 98 valence electrons. The molecule has 1 amide bonds. The highest BCUT2D eigenvalue weighted by Gasteiger charge is 2.17. The summed E-state index contributed by atoms with van der Waals surface area (Å²) in [5.74, 6) is -3.32. The van der Waals surface area contributed by atoms with Gasteiger partial charge in [-0.1, -0.05) is 0 Å². The molecule has 1 aromatic heterocycles. The topological polar surface area (TPSA) is 131 Å². The molecule has 0 spiro atoms. The van der Waals surface area contributed by atoms with Crippen LogP contribution in [0.5, 0.6) is 0 Å². The van der Waals surface area contributed by atoms with E-state index in [4.69, 9.17) is 10.8 Å². The average Bonchev–Trinajstić information content (AvgIpc) is 2.77. The summed E-state index contributed by atoms with van der Waals surface area (Å²) < 4.78 is 17.4. The smallest absolute Gasteiger partial charge is 0.338 e. The number of nitrogens with zero attached hydrogens (tertiary/aromatic N) is 2. The zero-order valence-electron chi connectivity index (χ0n) is 9.25. The highest BCUT2D eigenvalue weighted by Crippen LogP contribution is 2.16. The second-order valence-corrected chi connectivity index (χ2v) is 3.45. The van der Waals surface area contributed by atoms with Crippen molar-refractivity contribution in [2.75, 3.05) is 11.1 Å². The van der Waals surface area contributed by atoms with Crippen molar-refractivity contribution >= 4 is 23.4 Å². The second-order valence-electron chi connectivity index (χ2n) is 3.45. The summed E-state index contributed by atoms with van der Waals surface area (Å²) in [6, 6.07) is 3.09. The Bertz CT molecular complexity index is 655. The SMILES string of the molecule is Nc1nonc1C(=O)Nc1ccc(F)c(C(=O)O)c1. The Kier molecular flexibility index (Phi) is 3.10. The fourth-order valence-corrected chi connectivity index (χ4v) is 1.31. The number of halogens is 1. The van der Waals surface area contributed by atoms with Crippen molar-refractivity contribution in [1.82, 2.24) is 10.3 Å². The van der Waals surface area contributed by atoms with E-state index in [0.717, 1.165) is 12.1 Å². The second kappa shape index (κ2) is 4.72. The van der Waals surface area contributed by atoms with Crippen molar-refractivity contribution in [2.24, 2.45) is 0 Å². The number of hydrogen-bond acceptors (Lipinski definition) is 6. The molecule has 0 aliphatic heterocycles. The average molecular weight is 266 g/mol. The van der Waals surface area contributed by atoms with Gasteiger partial charge in [-0.15, -0.1) is 0 Å². The van der Waals surface area contributed by atoms with Crippen LogP contribution >= 0.6 is 0 Å². The van der Waals surface area contributed by atoms with E-state index in [-0.39, 0.29) is 17.2 Å². The fraction of sp³-hybridized carbons (Fsp3) is 0. The molecule has 0 bridgehead atoms. The fourth-order valence-electron chi connectivity index (χ4n) is 1.31. The van der Waals surface area contributed by atoms with Crippen LogP contribution in [0.1, 0.15) is 20.8 Å². The molecule has 0 fully saturated rings. The van der Waals surface area contributed by atoms with Crippen molar-refractivity contribution in [1.29, 1.82) is 0 Å². The summed E-state index contributed by atoms with van der Waals surface area (Å²) in [4.78, 5) is 22.4. The molecule has 1 heterocycles. The summed E-state index contributed by atoms with van der Waals surface area (Å²) >= 11 is 0. The monoisotopic (exact) mass is 266 g/mol. The minimum atomic E-state index is -1.45. The lowest BCUT2D eigenvalue weighted by atomic mass is 10.2. The van der Waals surface area contributed by atoms with Crippen LogP contribution in [0.2, 0.25) is 0 Å². The predicted octanol–water partition coefficient (Wildman–Crippen LogP) is 0.741. The number of nitrogens with one attached hydrogen (secondary N) is 1. The molecular formula is C10H7FN4O4. The number of carbonyl (C=O) groups is 2. The minimum Gasteiger partial charge on any atom is -0.478 e. The molecule has 8 nitrogen and oxygen atoms in total. The van der Waals surface area contributed by atoms with Gasteiger partial charge in [0.05, 0.1) is 5.56 Å². The van der Waals surface area contributed by atoms with Crippen LogP contribution < -0.4 is 11.1 Å². The van der Waals surface area contributed by atoms with E-state index in [1.54, 1.807) is 0 Å². The van der Waals surface area contributed by atoms with Crippen molar-refractivity contribution in [3.05, 3.63) is 35.3 Å². The Labute approximate surface area is 105 Å². The van der Waals surface area contributed by atoms with Gasteiger partial charge < -0.3 is 16.2 Å². The summed E-state index contributed by atoms with van der Waals surface area (Å²) in [6.07, 6.45) is 0. The van der Waals surface area contributed by atoms with Gasteiger partial charge in [0.1, 0.15) is 5.82 Å². The molecular weight excluding hydrogens is 259 g/mol. The van der Waals surface area contributed by atoms with Crippen LogP contribution in [0.25, 0.3) is 0 Å². The number of rotatable bonds is 3. The van der Waals surface area contributed by atoms with E-state index in [1.807, 2.05) is 0 Å². The first-order chi connectivity index (χ1) is 8.99. The number of carbonyl (C=O) groups excluding carboxylic acids is 1. The van der Waals surface area contributed by atoms with Gasteiger partial charge in [-0.2, -0.15) is 0 Å². The minimum absolute atomic E-state index is 0.0752. The first-order valence-electron chi connectivity index (χ1n) is 4.91. The Morgan fingerprint density at radius 2 is 2.11 bits per heavy atom. The van der Waals surface area contributed by atoms with Crippen LogP contribution in [-0.2, 0) is 0 Å². The number of hydrogen-bond donors (Lipinski definition) is 3. The molecule has 2 aromatic rings. The van der Waals surface area contributed by atoms with E-state index in [1.165, 1.54) is 6.07 Å². The maximum Gasteiger partial charge on any atom is 0.338 e. The Balaban J connectivity index is 2.25. The Morgan fingerprint density at radius 3 is 2.68 bits per heavy atom. The number of nitrogen functional groups attached to an aromatic ring is 1. The van der Waals surface area contributed by atoms with Crippen molar-refractivity contribution < 1.29 is 23.7 Å². The first kappa shape index (κ1) is 12.5. The number of benzene rings is 1. The van der Waals surface area contributed by atoms with E-state index >= 15 is 0 Å². The molecule has 0 saturated heterocycles. The van der Waals surface area contributed by atoms with Crippen LogP contribution in [0, 0.1) is 5.82 Å². The number of aromatic nitrogens is 2. The normalized spacial score (nSPS) is 10.2. The van der Waals surface area contributed by atoms with Gasteiger partial charge in [0.25, 0.3) is 5.91 Å². The van der Waals surface area contributed by atoms with Crippen LogP contribution in [-0.4, -0.2) is 27.3 Å². The summed E-state index contributed by atoms with van der Waals surface area (Å²) in [5.41, 5.74) is 4.58. The lowest BCUT2D eigenvalue weighted by Gasteiger charge is -2.04. The largest absolute Gasteiger partial charge is 0.478 e. The third-order valence-corrected chi connectivity index (χ3v) is 2.18. The summed E-state index contributed by atoms with van der Waals surface area (Å²) in [6.45, 7) is 0. The van der Waals surface area contributed by atoms with E-state index in [9.17, 15) is 14.0 Å². The standard InChI is InChI=1S/C10H7FN4O4/c11-6-2-1-4(3-5(6)10(17)18)13-9(16)7-8(12)15-19-14-7/h1-3H,(H2,12,15)(H,13,16)(H,17,18). The molecule has 1 aromatic carbocycles. The van der Waals surface area contributed by atoms with Gasteiger partial charge in [-0.3, -0.25) is 4.79 Å². The Hall–Kier alpha value is -2.97. The maximum absolute atomic E-state index is 13.1. The van der Waals surface area contributed by atoms with Crippen molar-refractivity contribution in [3.63, 3.8) is 0 Å². The third-order valence-electron chi connectivity index (χ3n) is 2.18. The number of aromatic carboxylic acids is 1. The third kappa shape index (κ3) is 2.49. The number of carboxylic acids is 1. The molecule has 0 saturated carbocycles. The molecule has 4 N–H and O–H groups in total. The molecule has 2 rings (SSSR count). The molecule has 0 unspecified atom stereocenters. The molecule has 0 aliphatic carbocycles. The van der Waals surface area contributed by atoms with Gasteiger partial charge in [0.15, 0.2) is 0 Å². The lowest BCUT2D eigenvalue weighted by Crippen LogP contribution is -2.15. The Morgan fingerprint density at radius 1 is 1.37 bits per heavy atom. The number of anilines is 2. The lowest BCUT2D eigenvalue weighted by molar-refractivity contribution is 0.0691. The molecule has 19 heavy (non-hydrogen) atoms. The summed E-state index contributed by atoms with van der Waals surface area (Å²) in [7, 11) is 0. The predicted molar refractivity (Wildman–Crippen MR) is 60.0 cm³/mol. The van der Waals surface area contributed by atoms with E-state index < -0.39 is 23.3 Å². The molecule has 9 heteroatoms. The number of carboxylic acid groups (broad SMARTS) is 1. The van der Waals surface area contributed by atoms with Crippen LogP contribution in [0.3, 0.4) is 0 Å². The van der Waals surface area contributed by atoms with Gasteiger partial charge >= 0.3 is 5.97 Å². The van der Waals surface area contributed by atoms with Gasteiger partial charge in [0.2, 0.25) is 11.5 Å². The molecule has 0 radical (unpaired) electrons. The highest BCUT2D eigenvalue weighted by atomic mass is 19.1. The zero-order valence-corrected chi connectivity index (χ0v) is 9.25. The van der Waals surface area contributed by atoms with Gasteiger partial charge in [-0.05, 0) is 28.5 Å². The van der Waals surface area contributed by atoms with Crippen LogP contribution in [0.15, 0.2) is 22.8 Å². The van der Waals surface area contributed by atoms with Crippen molar-refractivity contribution in [3.8, 4) is 0 Å². The first-order valence-corrected chi connectivity index (χ1v) is 4.91. The van der Waals surface area contributed by atoms with E-state index in [0.29, 0.717) is 0 Å². The molecule has 0 aliphatic rings. The van der Waals surface area contributed by atoms with Crippen LogP contribution in [0.4, 0.5) is 15.9 Å². The van der Waals surface area contributed by atoms with E-state index in [2.05, 4.69) is 20.3 Å². The van der Waals surface area contributed by atoms with Crippen molar-refractivity contribution in [2.45, 2.75) is 0 Å². The van der Waals surface area contributed by atoms with Gasteiger partial charge in [-0.25, -0.2) is 13.8 Å². The number of amides is 1. The number of nitrogens with two attached hydrogens (primary N) is 1. The zero-order chi connectivity index (χ0) is 14.0. The quantitative estimate of drug-likeness (QED) is 0.746. The highest BCUT2D eigenvalue weighted by molar-refractivity contribution is 6.05. The maximum atomic E-state index is 13.1. The molecule has 0 atom stereocenters. The van der Waals surface area contributed by atoms with Gasteiger partial charge in [0, 0.05) is 5.69 Å². The summed E-state index contributed by atoms with van der Waals surface area (Å²) in [5, 5.41) is 17.5.